The predicted molar refractivity (Wildman–Crippen MR) is 75.6 cm³/mol. The number of methoxy groups -OCH3 is 1. The summed E-state index contributed by atoms with van der Waals surface area (Å²) in [5.41, 5.74) is 0.790. The van der Waals surface area contributed by atoms with Crippen LogP contribution in [0.5, 0.6) is 11.5 Å². The average molecular weight is 276 g/mol. The Morgan fingerprint density at radius 2 is 2.05 bits per heavy atom. The van der Waals surface area contributed by atoms with Crippen LogP contribution in [0.15, 0.2) is 24.5 Å². The molecule has 2 rings (SSSR count). The molecule has 0 aliphatic carbocycles. The minimum atomic E-state index is -0.0446. The van der Waals surface area contributed by atoms with E-state index in [2.05, 4.69) is 15.5 Å². The molecule has 1 aromatic heterocycles. The summed E-state index contributed by atoms with van der Waals surface area (Å²) in [6.45, 7) is 4.00. The number of aromatic hydroxyl groups is 1. The first-order valence-electron chi connectivity index (χ1n) is 6.49. The lowest BCUT2D eigenvalue weighted by atomic mass is 10.1. The number of phenolic OH excluding ortho intramolecular Hbond substituents is 1. The second kappa shape index (κ2) is 5.92. The Morgan fingerprint density at radius 1 is 1.30 bits per heavy atom. The molecule has 0 aliphatic rings. The topological polar surface area (TPSA) is 72.2 Å². The van der Waals surface area contributed by atoms with Crippen LogP contribution in [-0.4, -0.2) is 27.0 Å². The van der Waals surface area contributed by atoms with Crippen LogP contribution < -0.4 is 10.1 Å². The van der Waals surface area contributed by atoms with Gasteiger partial charge in [0.25, 0.3) is 0 Å². The van der Waals surface area contributed by atoms with Crippen LogP contribution in [0.1, 0.15) is 37.3 Å². The van der Waals surface area contributed by atoms with Crippen LogP contribution in [0.4, 0.5) is 0 Å². The molecule has 0 radical (unpaired) electrons. The first kappa shape index (κ1) is 14.3. The monoisotopic (exact) mass is 276 g/mol. The fourth-order valence-electron chi connectivity index (χ4n) is 2.23. The Labute approximate surface area is 118 Å². The third kappa shape index (κ3) is 2.91. The quantitative estimate of drug-likeness (QED) is 0.873. The smallest absolute Gasteiger partial charge is 0.149 e. The summed E-state index contributed by atoms with van der Waals surface area (Å²) in [5, 5.41) is 21.3. The molecule has 20 heavy (non-hydrogen) atoms. The highest BCUT2D eigenvalue weighted by Gasteiger charge is 2.17. The van der Waals surface area contributed by atoms with E-state index in [0.29, 0.717) is 0 Å². The Balaban J connectivity index is 2.16. The molecule has 2 aromatic rings. The maximum atomic E-state index is 9.97. The number of phenols is 1. The number of nitrogens with one attached hydrogen (secondary N) is 1. The summed E-state index contributed by atoms with van der Waals surface area (Å²) in [7, 11) is 3.51. The third-order valence-electron chi connectivity index (χ3n) is 3.33. The van der Waals surface area contributed by atoms with Crippen LogP contribution in [0.2, 0.25) is 0 Å². The van der Waals surface area contributed by atoms with Crippen molar-refractivity contribution in [1.82, 2.24) is 20.1 Å². The molecule has 2 N–H and O–H groups in total. The highest BCUT2D eigenvalue weighted by Crippen LogP contribution is 2.29. The maximum Gasteiger partial charge on any atom is 0.149 e. The van der Waals surface area contributed by atoms with E-state index in [1.165, 1.54) is 0 Å². The van der Waals surface area contributed by atoms with Gasteiger partial charge < -0.3 is 19.7 Å². The van der Waals surface area contributed by atoms with E-state index < -0.39 is 0 Å². The molecule has 6 heteroatoms. The van der Waals surface area contributed by atoms with Crippen molar-refractivity contribution in [1.29, 1.82) is 0 Å². The zero-order valence-electron chi connectivity index (χ0n) is 12.2. The lowest BCUT2D eigenvalue weighted by Gasteiger charge is -2.21. The maximum absolute atomic E-state index is 9.97. The van der Waals surface area contributed by atoms with E-state index in [4.69, 9.17) is 4.74 Å². The van der Waals surface area contributed by atoms with Crippen molar-refractivity contribution in [3.05, 3.63) is 35.9 Å². The molecule has 0 aliphatic heterocycles. The zero-order valence-corrected chi connectivity index (χ0v) is 12.2. The van der Waals surface area contributed by atoms with Crippen molar-refractivity contribution in [2.24, 2.45) is 7.05 Å². The van der Waals surface area contributed by atoms with E-state index in [1.807, 2.05) is 31.5 Å². The van der Waals surface area contributed by atoms with E-state index >= 15 is 0 Å². The Bertz CT molecular complexity index is 582. The molecule has 1 heterocycles. The molecular formula is C14H20N4O2. The molecule has 1 aromatic carbocycles. The number of aryl methyl sites for hydroxylation is 1. The Kier molecular flexibility index (Phi) is 4.24. The van der Waals surface area contributed by atoms with Crippen LogP contribution in [0, 0.1) is 0 Å². The minimum absolute atomic E-state index is 0.0168. The molecule has 2 unspecified atom stereocenters. The zero-order chi connectivity index (χ0) is 14.7. The Morgan fingerprint density at radius 3 is 2.65 bits per heavy atom. The molecule has 0 bridgehead atoms. The number of aromatic nitrogens is 3. The van der Waals surface area contributed by atoms with Gasteiger partial charge in [-0.15, -0.1) is 10.2 Å². The van der Waals surface area contributed by atoms with Gasteiger partial charge in [-0.3, -0.25) is 0 Å². The van der Waals surface area contributed by atoms with Crippen molar-refractivity contribution in [2.75, 3.05) is 7.11 Å². The lowest BCUT2D eigenvalue weighted by molar-refractivity contribution is 0.403. The molecule has 0 saturated carbocycles. The molecule has 6 nitrogen and oxygen atoms in total. The van der Waals surface area contributed by atoms with Gasteiger partial charge in [0, 0.05) is 18.7 Å². The van der Waals surface area contributed by atoms with Crippen molar-refractivity contribution >= 4 is 0 Å². The molecule has 0 fully saturated rings. The van der Waals surface area contributed by atoms with Crippen molar-refractivity contribution in [3.63, 3.8) is 0 Å². The number of hydrogen-bond acceptors (Lipinski definition) is 5. The molecular weight excluding hydrogens is 256 g/mol. The van der Waals surface area contributed by atoms with Gasteiger partial charge in [-0.2, -0.15) is 0 Å². The van der Waals surface area contributed by atoms with E-state index in [-0.39, 0.29) is 17.8 Å². The van der Waals surface area contributed by atoms with Crippen molar-refractivity contribution < 1.29 is 9.84 Å². The van der Waals surface area contributed by atoms with Gasteiger partial charge in [0.1, 0.15) is 23.7 Å². The minimum Gasteiger partial charge on any atom is -0.508 e. The van der Waals surface area contributed by atoms with Crippen molar-refractivity contribution in [2.45, 2.75) is 25.9 Å². The van der Waals surface area contributed by atoms with Gasteiger partial charge in [-0.1, -0.05) is 0 Å². The number of nitrogens with zero attached hydrogens (tertiary/aromatic N) is 3. The number of ether oxygens (including phenoxy) is 1. The second-order valence-corrected chi connectivity index (χ2v) is 4.83. The third-order valence-corrected chi connectivity index (χ3v) is 3.33. The first-order valence-corrected chi connectivity index (χ1v) is 6.49. The summed E-state index contributed by atoms with van der Waals surface area (Å²) >= 11 is 0. The summed E-state index contributed by atoms with van der Waals surface area (Å²) < 4.78 is 7.06. The summed E-state index contributed by atoms with van der Waals surface area (Å²) in [6.07, 6.45) is 1.67. The SMILES string of the molecule is COc1ccc(O)c(C(C)NC(C)c2nncn2C)c1. The Hall–Kier alpha value is -2.08. The number of hydrogen-bond donors (Lipinski definition) is 2. The normalized spacial score (nSPS) is 14.0. The first-order chi connectivity index (χ1) is 9.52. The van der Waals surface area contributed by atoms with E-state index in [9.17, 15) is 5.11 Å². The van der Waals surface area contributed by atoms with E-state index in [1.54, 1.807) is 25.6 Å². The van der Waals surface area contributed by atoms with Crippen molar-refractivity contribution in [3.8, 4) is 11.5 Å². The van der Waals surface area contributed by atoms with Crippen LogP contribution in [0.25, 0.3) is 0 Å². The fourth-order valence-corrected chi connectivity index (χ4v) is 2.23. The lowest BCUT2D eigenvalue weighted by Crippen LogP contribution is -2.24. The molecule has 0 saturated heterocycles. The summed E-state index contributed by atoms with van der Waals surface area (Å²) in [5.74, 6) is 1.81. The van der Waals surface area contributed by atoms with Gasteiger partial charge in [-0.05, 0) is 32.0 Å². The molecule has 2 atom stereocenters. The highest BCUT2D eigenvalue weighted by molar-refractivity contribution is 5.41. The second-order valence-electron chi connectivity index (χ2n) is 4.83. The predicted octanol–water partition coefficient (Wildman–Crippen LogP) is 1.94. The molecule has 108 valence electrons. The standard InChI is InChI=1S/C14H20N4O2/c1-9(12-7-11(20-4)5-6-13(12)19)16-10(2)14-17-15-8-18(14)3/h5-10,16,19H,1-4H3. The van der Waals surface area contributed by atoms with E-state index in [0.717, 1.165) is 17.1 Å². The molecule has 0 spiro atoms. The largest absolute Gasteiger partial charge is 0.508 e. The summed E-state index contributed by atoms with van der Waals surface area (Å²) in [4.78, 5) is 0. The van der Waals surface area contributed by atoms with Gasteiger partial charge in [0.05, 0.1) is 13.2 Å². The van der Waals surface area contributed by atoms with Gasteiger partial charge in [0.2, 0.25) is 0 Å². The van der Waals surface area contributed by atoms with Gasteiger partial charge >= 0.3 is 0 Å². The van der Waals surface area contributed by atoms with Gasteiger partial charge in [-0.25, -0.2) is 0 Å². The van der Waals surface area contributed by atoms with Crippen LogP contribution >= 0.6 is 0 Å². The summed E-state index contributed by atoms with van der Waals surface area (Å²) in [6, 6.07) is 5.17. The number of benzene rings is 1. The fraction of sp³-hybridized carbons (Fsp3) is 0.429. The van der Waals surface area contributed by atoms with Crippen LogP contribution in [-0.2, 0) is 7.05 Å². The number of rotatable bonds is 5. The highest BCUT2D eigenvalue weighted by atomic mass is 16.5. The van der Waals surface area contributed by atoms with Crippen LogP contribution in [0.3, 0.4) is 0 Å². The molecule has 0 amide bonds. The average Bonchev–Trinajstić information content (AvgIpc) is 2.85. The van der Waals surface area contributed by atoms with Gasteiger partial charge in [0.15, 0.2) is 0 Å².